The lowest BCUT2D eigenvalue weighted by atomic mass is 10.3. The first-order chi connectivity index (χ1) is 7.69. The SMILES string of the molecule is CCn1cc(N)cc1C(=O)NCCCCO. The average molecular weight is 225 g/mol. The molecule has 0 fully saturated rings. The Labute approximate surface area is 95.3 Å². The number of aromatic nitrogens is 1. The Hall–Kier alpha value is -1.49. The number of amides is 1. The normalized spacial score (nSPS) is 10.4. The van der Waals surface area contributed by atoms with Crippen molar-refractivity contribution in [2.75, 3.05) is 18.9 Å². The lowest BCUT2D eigenvalue weighted by molar-refractivity contribution is 0.0943. The highest BCUT2D eigenvalue weighted by Crippen LogP contribution is 2.10. The van der Waals surface area contributed by atoms with Crippen molar-refractivity contribution in [2.45, 2.75) is 26.3 Å². The molecule has 0 aliphatic heterocycles. The number of nitrogens with two attached hydrogens (primary N) is 1. The maximum Gasteiger partial charge on any atom is 0.267 e. The molecule has 16 heavy (non-hydrogen) atoms. The molecule has 0 saturated carbocycles. The number of carbonyl (C=O) groups is 1. The van der Waals surface area contributed by atoms with E-state index in [-0.39, 0.29) is 12.5 Å². The van der Waals surface area contributed by atoms with Gasteiger partial charge in [-0.05, 0) is 25.8 Å². The Kier molecular flexibility index (Phi) is 4.85. The summed E-state index contributed by atoms with van der Waals surface area (Å²) in [4.78, 5) is 11.8. The summed E-state index contributed by atoms with van der Waals surface area (Å²) < 4.78 is 1.82. The number of nitrogens with one attached hydrogen (secondary N) is 1. The van der Waals surface area contributed by atoms with Gasteiger partial charge in [0.2, 0.25) is 0 Å². The van der Waals surface area contributed by atoms with Crippen LogP contribution in [0, 0.1) is 0 Å². The van der Waals surface area contributed by atoms with Gasteiger partial charge in [-0.2, -0.15) is 0 Å². The van der Waals surface area contributed by atoms with E-state index in [1.807, 2.05) is 11.5 Å². The van der Waals surface area contributed by atoms with E-state index < -0.39 is 0 Å². The van der Waals surface area contributed by atoms with Crippen molar-refractivity contribution < 1.29 is 9.90 Å². The second-order valence-electron chi connectivity index (χ2n) is 3.63. The highest BCUT2D eigenvalue weighted by Gasteiger charge is 2.10. The second kappa shape index (κ2) is 6.17. The molecular weight excluding hydrogens is 206 g/mol. The number of nitrogen functional groups attached to an aromatic ring is 1. The van der Waals surface area contributed by atoms with E-state index in [1.54, 1.807) is 12.3 Å². The average Bonchev–Trinajstić information content (AvgIpc) is 2.65. The molecule has 1 aromatic heterocycles. The van der Waals surface area contributed by atoms with Gasteiger partial charge in [-0.3, -0.25) is 4.79 Å². The number of aliphatic hydroxyl groups is 1. The highest BCUT2D eigenvalue weighted by molar-refractivity contribution is 5.93. The standard InChI is InChI=1S/C11H19N3O2/c1-2-14-8-9(12)7-10(14)11(16)13-5-3-4-6-15/h7-8,15H,2-6,12H2,1H3,(H,13,16). The zero-order valence-electron chi connectivity index (χ0n) is 9.57. The van der Waals surface area contributed by atoms with E-state index in [0.717, 1.165) is 13.0 Å². The van der Waals surface area contributed by atoms with Gasteiger partial charge in [0.15, 0.2) is 0 Å². The third-order valence-electron chi connectivity index (χ3n) is 2.36. The van der Waals surface area contributed by atoms with E-state index >= 15 is 0 Å². The number of aryl methyl sites for hydroxylation is 1. The van der Waals surface area contributed by atoms with Crippen LogP contribution < -0.4 is 11.1 Å². The number of unbranched alkanes of at least 4 members (excludes halogenated alkanes) is 1. The van der Waals surface area contributed by atoms with Crippen molar-refractivity contribution in [3.8, 4) is 0 Å². The minimum Gasteiger partial charge on any atom is -0.397 e. The summed E-state index contributed by atoms with van der Waals surface area (Å²) in [6.45, 7) is 3.42. The minimum atomic E-state index is -0.114. The van der Waals surface area contributed by atoms with Crippen LogP contribution >= 0.6 is 0 Å². The maximum atomic E-state index is 11.8. The maximum absolute atomic E-state index is 11.8. The summed E-state index contributed by atoms with van der Waals surface area (Å²) in [7, 11) is 0. The van der Waals surface area contributed by atoms with E-state index in [9.17, 15) is 4.79 Å². The van der Waals surface area contributed by atoms with Gasteiger partial charge in [0, 0.05) is 25.9 Å². The molecule has 0 aromatic carbocycles. The molecule has 0 saturated heterocycles. The molecule has 1 heterocycles. The molecule has 0 unspecified atom stereocenters. The zero-order valence-corrected chi connectivity index (χ0v) is 9.57. The number of anilines is 1. The number of hydrogen-bond acceptors (Lipinski definition) is 3. The number of carbonyl (C=O) groups excluding carboxylic acids is 1. The van der Waals surface area contributed by atoms with Crippen molar-refractivity contribution in [2.24, 2.45) is 0 Å². The number of rotatable bonds is 6. The van der Waals surface area contributed by atoms with Gasteiger partial charge in [-0.25, -0.2) is 0 Å². The van der Waals surface area contributed by atoms with Crippen LogP contribution in [0.3, 0.4) is 0 Å². The Morgan fingerprint density at radius 2 is 2.31 bits per heavy atom. The molecule has 0 atom stereocenters. The molecule has 5 nitrogen and oxygen atoms in total. The van der Waals surface area contributed by atoms with Crippen molar-refractivity contribution in [1.29, 1.82) is 0 Å². The van der Waals surface area contributed by atoms with Crippen LogP contribution in [-0.4, -0.2) is 28.7 Å². The molecule has 90 valence electrons. The fraction of sp³-hybridized carbons (Fsp3) is 0.545. The van der Waals surface area contributed by atoms with Gasteiger partial charge >= 0.3 is 0 Å². The third kappa shape index (κ3) is 3.27. The summed E-state index contributed by atoms with van der Waals surface area (Å²) in [5, 5.41) is 11.4. The lowest BCUT2D eigenvalue weighted by Crippen LogP contribution is -2.26. The molecule has 0 spiro atoms. The van der Waals surface area contributed by atoms with Gasteiger partial charge in [0.05, 0.1) is 5.69 Å². The molecule has 0 aliphatic carbocycles. The number of nitrogens with zero attached hydrogens (tertiary/aromatic N) is 1. The fourth-order valence-electron chi connectivity index (χ4n) is 1.51. The summed E-state index contributed by atoms with van der Waals surface area (Å²) in [6, 6.07) is 1.67. The first kappa shape index (κ1) is 12.6. The lowest BCUT2D eigenvalue weighted by Gasteiger charge is -2.06. The quantitative estimate of drug-likeness (QED) is 0.620. The number of hydrogen-bond donors (Lipinski definition) is 3. The second-order valence-corrected chi connectivity index (χ2v) is 3.63. The Balaban J connectivity index is 2.51. The molecule has 0 radical (unpaired) electrons. The van der Waals surface area contributed by atoms with E-state index in [1.165, 1.54) is 0 Å². The Morgan fingerprint density at radius 1 is 1.56 bits per heavy atom. The topological polar surface area (TPSA) is 80.3 Å². The van der Waals surface area contributed by atoms with Gasteiger partial charge in [-0.15, -0.1) is 0 Å². The fourth-order valence-corrected chi connectivity index (χ4v) is 1.51. The molecule has 1 aromatic rings. The minimum absolute atomic E-state index is 0.114. The monoisotopic (exact) mass is 225 g/mol. The van der Waals surface area contributed by atoms with Crippen LogP contribution in [0.15, 0.2) is 12.3 Å². The van der Waals surface area contributed by atoms with E-state index in [4.69, 9.17) is 10.8 Å². The van der Waals surface area contributed by atoms with Gasteiger partial charge in [0.25, 0.3) is 5.91 Å². The molecule has 0 aliphatic rings. The van der Waals surface area contributed by atoms with Gasteiger partial charge < -0.3 is 20.7 Å². The summed E-state index contributed by atoms with van der Waals surface area (Å²) in [5.41, 5.74) is 6.82. The van der Waals surface area contributed by atoms with Crippen molar-refractivity contribution in [3.05, 3.63) is 18.0 Å². The van der Waals surface area contributed by atoms with Crippen LogP contribution in [-0.2, 0) is 6.54 Å². The van der Waals surface area contributed by atoms with Crippen LogP contribution in [0.25, 0.3) is 0 Å². The summed E-state index contributed by atoms with van der Waals surface area (Å²) in [5.74, 6) is -0.114. The van der Waals surface area contributed by atoms with Crippen molar-refractivity contribution >= 4 is 11.6 Å². The van der Waals surface area contributed by atoms with Crippen LogP contribution in [0.5, 0.6) is 0 Å². The van der Waals surface area contributed by atoms with Crippen LogP contribution in [0.4, 0.5) is 5.69 Å². The van der Waals surface area contributed by atoms with Crippen LogP contribution in [0.1, 0.15) is 30.3 Å². The molecule has 1 rings (SSSR count). The number of aliphatic hydroxyl groups excluding tert-OH is 1. The molecule has 4 N–H and O–H groups in total. The summed E-state index contributed by atoms with van der Waals surface area (Å²) in [6.07, 6.45) is 3.24. The predicted molar refractivity (Wildman–Crippen MR) is 63.2 cm³/mol. The van der Waals surface area contributed by atoms with E-state index in [2.05, 4.69) is 5.32 Å². The zero-order chi connectivity index (χ0) is 12.0. The Bertz CT molecular complexity index is 347. The molecule has 1 amide bonds. The van der Waals surface area contributed by atoms with Gasteiger partial charge in [-0.1, -0.05) is 0 Å². The molecular formula is C11H19N3O2. The largest absolute Gasteiger partial charge is 0.397 e. The first-order valence-electron chi connectivity index (χ1n) is 5.53. The van der Waals surface area contributed by atoms with E-state index in [0.29, 0.717) is 24.3 Å². The van der Waals surface area contributed by atoms with Gasteiger partial charge in [0.1, 0.15) is 5.69 Å². The Morgan fingerprint density at radius 3 is 2.94 bits per heavy atom. The first-order valence-corrected chi connectivity index (χ1v) is 5.53. The van der Waals surface area contributed by atoms with Crippen LogP contribution in [0.2, 0.25) is 0 Å². The highest BCUT2D eigenvalue weighted by atomic mass is 16.2. The molecule has 5 heteroatoms. The molecule has 0 bridgehead atoms. The van der Waals surface area contributed by atoms with Crippen molar-refractivity contribution in [1.82, 2.24) is 9.88 Å². The van der Waals surface area contributed by atoms with Crippen molar-refractivity contribution in [3.63, 3.8) is 0 Å². The third-order valence-corrected chi connectivity index (χ3v) is 2.36. The summed E-state index contributed by atoms with van der Waals surface area (Å²) >= 11 is 0. The predicted octanol–water partition coefficient (Wildman–Crippen LogP) is 0.592. The smallest absolute Gasteiger partial charge is 0.267 e.